The molecule has 0 amide bonds. The molecule has 16 heavy (non-hydrogen) atoms. The molecular formula is C12H19N3S. The highest BCUT2D eigenvalue weighted by atomic mass is 32.2. The van der Waals surface area contributed by atoms with Crippen molar-refractivity contribution in [2.24, 2.45) is 5.92 Å². The fourth-order valence-electron chi connectivity index (χ4n) is 1.78. The zero-order valence-electron chi connectivity index (χ0n) is 9.94. The van der Waals surface area contributed by atoms with E-state index in [4.69, 9.17) is 0 Å². The summed E-state index contributed by atoms with van der Waals surface area (Å²) in [6.07, 6.45) is 2.99. The van der Waals surface area contributed by atoms with Gasteiger partial charge in [0.2, 0.25) is 0 Å². The van der Waals surface area contributed by atoms with Gasteiger partial charge in [0.05, 0.1) is 0 Å². The van der Waals surface area contributed by atoms with E-state index in [0.29, 0.717) is 5.92 Å². The van der Waals surface area contributed by atoms with E-state index in [1.54, 1.807) is 6.33 Å². The van der Waals surface area contributed by atoms with E-state index >= 15 is 0 Å². The van der Waals surface area contributed by atoms with Crippen LogP contribution < -0.4 is 5.32 Å². The lowest BCUT2D eigenvalue weighted by molar-refractivity contribution is 0.630. The first kappa shape index (κ1) is 11.7. The van der Waals surface area contributed by atoms with Crippen molar-refractivity contribution in [3.05, 3.63) is 18.1 Å². The zero-order chi connectivity index (χ0) is 11.4. The van der Waals surface area contributed by atoms with Gasteiger partial charge in [-0.15, -0.1) is 0 Å². The lowest BCUT2D eigenvalue weighted by Crippen LogP contribution is -2.14. The van der Waals surface area contributed by atoms with Crippen LogP contribution in [0, 0.1) is 5.92 Å². The van der Waals surface area contributed by atoms with Gasteiger partial charge in [-0.2, -0.15) is 11.8 Å². The van der Waals surface area contributed by atoms with Crippen molar-refractivity contribution in [2.75, 3.05) is 23.4 Å². The Labute approximate surface area is 101 Å². The van der Waals surface area contributed by atoms with Crippen LogP contribution in [0.15, 0.2) is 12.4 Å². The minimum absolute atomic E-state index is 0.464. The van der Waals surface area contributed by atoms with Gasteiger partial charge in [-0.05, 0) is 29.8 Å². The van der Waals surface area contributed by atoms with Crippen LogP contribution in [0.1, 0.15) is 31.9 Å². The molecule has 1 saturated heterocycles. The molecule has 0 aromatic carbocycles. The SMILES string of the molecule is CC(C)c1cc(NCC2CCSC2)ncn1. The predicted molar refractivity (Wildman–Crippen MR) is 70.0 cm³/mol. The summed E-state index contributed by atoms with van der Waals surface area (Å²) < 4.78 is 0. The van der Waals surface area contributed by atoms with E-state index in [1.807, 2.05) is 0 Å². The van der Waals surface area contributed by atoms with Gasteiger partial charge in [0.25, 0.3) is 0 Å². The number of hydrogen-bond donors (Lipinski definition) is 1. The molecule has 88 valence electrons. The molecule has 1 aliphatic rings. The molecule has 0 saturated carbocycles. The smallest absolute Gasteiger partial charge is 0.129 e. The number of nitrogens with zero attached hydrogens (tertiary/aromatic N) is 2. The third kappa shape index (κ3) is 3.11. The van der Waals surface area contributed by atoms with Gasteiger partial charge in [0, 0.05) is 18.3 Å². The van der Waals surface area contributed by atoms with Gasteiger partial charge in [-0.1, -0.05) is 13.8 Å². The molecule has 1 unspecified atom stereocenters. The fourth-order valence-corrected chi connectivity index (χ4v) is 3.06. The van der Waals surface area contributed by atoms with Crippen LogP contribution in [-0.4, -0.2) is 28.0 Å². The summed E-state index contributed by atoms with van der Waals surface area (Å²) in [5.41, 5.74) is 1.11. The molecule has 0 bridgehead atoms. The standard InChI is InChI=1S/C12H19N3S/c1-9(2)11-5-12(15-8-14-11)13-6-10-3-4-16-7-10/h5,8-10H,3-4,6-7H2,1-2H3,(H,13,14,15). The quantitative estimate of drug-likeness (QED) is 0.874. The molecule has 1 atom stereocenters. The summed E-state index contributed by atoms with van der Waals surface area (Å²) in [6, 6.07) is 2.06. The normalized spacial score (nSPS) is 20.3. The van der Waals surface area contributed by atoms with Crippen molar-refractivity contribution in [3.8, 4) is 0 Å². The van der Waals surface area contributed by atoms with E-state index in [-0.39, 0.29) is 0 Å². The lowest BCUT2D eigenvalue weighted by atomic mass is 10.1. The second-order valence-electron chi connectivity index (χ2n) is 4.59. The van der Waals surface area contributed by atoms with Crippen molar-refractivity contribution in [3.63, 3.8) is 0 Å². The van der Waals surface area contributed by atoms with Crippen molar-refractivity contribution in [1.82, 2.24) is 9.97 Å². The third-order valence-corrected chi connectivity index (χ3v) is 4.11. The molecule has 1 aliphatic heterocycles. The number of aromatic nitrogens is 2. The van der Waals surface area contributed by atoms with Crippen LogP contribution in [-0.2, 0) is 0 Å². The molecule has 1 aromatic heterocycles. The molecule has 1 aromatic rings. The van der Waals surface area contributed by atoms with Crippen molar-refractivity contribution >= 4 is 17.6 Å². The Balaban J connectivity index is 1.90. The van der Waals surface area contributed by atoms with E-state index < -0.39 is 0 Å². The predicted octanol–water partition coefficient (Wildman–Crippen LogP) is 2.77. The Bertz CT molecular complexity index is 335. The molecule has 1 N–H and O–H groups in total. The topological polar surface area (TPSA) is 37.8 Å². The maximum atomic E-state index is 4.26. The molecule has 0 spiro atoms. The van der Waals surface area contributed by atoms with Crippen LogP contribution in [0.5, 0.6) is 0 Å². The summed E-state index contributed by atoms with van der Waals surface area (Å²) in [6.45, 7) is 5.35. The van der Waals surface area contributed by atoms with Crippen LogP contribution in [0.25, 0.3) is 0 Å². The summed E-state index contributed by atoms with van der Waals surface area (Å²) in [5.74, 6) is 4.84. The lowest BCUT2D eigenvalue weighted by Gasteiger charge is -2.11. The largest absolute Gasteiger partial charge is 0.370 e. The maximum Gasteiger partial charge on any atom is 0.129 e. The van der Waals surface area contributed by atoms with Gasteiger partial charge in [0.15, 0.2) is 0 Å². The second-order valence-corrected chi connectivity index (χ2v) is 5.74. The average Bonchev–Trinajstić information content (AvgIpc) is 2.79. The molecule has 2 heterocycles. The van der Waals surface area contributed by atoms with Gasteiger partial charge in [-0.25, -0.2) is 9.97 Å². The van der Waals surface area contributed by atoms with Crippen LogP contribution in [0.2, 0.25) is 0 Å². The van der Waals surface area contributed by atoms with Crippen LogP contribution >= 0.6 is 11.8 Å². The molecular weight excluding hydrogens is 218 g/mol. The molecule has 0 radical (unpaired) electrons. The minimum Gasteiger partial charge on any atom is -0.370 e. The van der Waals surface area contributed by atoms with Crippen molar-refractivity contribution in [2.45, 2.75) is 26.2 Å². The number of anilines is 1. The first-order valence-corrected chi connectivity index (χ1v) is 7.04. The van der Waals surface area contributed by atoms with Gasteiger partial charge < -0.3 is 5.32 Å². The molecule has 3 nitrogen and oxygen atoms in total. The average molecular weight is 237 g/mol. The van der Waals surface area contributed by atoms with E-state index in [1.165, 1.54) is 17.9 Å². The highest BCUT2D eigenvalue weighted by Gasteiger charge is 2.15. The number of hydrogen-bond acceptors (Lipinski definition) is 4. The summed E-state index contributed by atoms with van der Waals surface area (Å²) in [5, 5.41) is 3.42. The molecule has 1 fully saturated rings. The summed E-state index contributed by atoms with van der Waals surface area (Å²) in [4.78, 5) is 8.52. The molecule has 4 heteroatoms. The van der Waals surface area contributed by atoms with E-state index in [9.17, 15) is 0 Å². The van der Waals surface area contributed by atoms with E-state index in [2.05, 4.69) is 47.0 Å². The van der Waals surface area contributed by atoms with Crippen molar-refractivity contribution < 1.29 is 0 Å². The Morgan fingerprint density at radius 2 is 2.38 bits per heavy atom. The van der Waals surface area contributed by atoms with Crippen LogP contribution in [0.3, 0.4) is 0 Å². The number of rotatable bonds is 4. The van der Waals surface area contributed by atoms with Crippen LogP contribution in [0.4, 0.5) is 5.82 Å². The van der Waals surface area contributed by atoms with Gasteiger partial charge in [0.1, 0.15) is 12.1 Å². The highest BCUT2D eigenvalue weighted by molar-refractivity contribution is 7.99. The Morgan fingerprint density at radius 1 is 1.50 bits per heavy atom. The third-order valence-electron chi connectivity index (χ3n) is 2.88. The molecule has 0 aliphatic carbocycles. The van der Waals surface area contributed by atoms with E-state index in [0.717, 1.165) is 24.0 Å². The first-order chi connectivity index (χ1) is 7.75. The van der Waals surface area contributed by atoms with Crippen molar-refractivity contribution in [1.29, 1.82) is 0 Å². The maximum absolute atomic E-state index is 4.26. The highest BCUT2D eigenvalue weighted by Crippen LogP contribution is 2.23. The number of nitrogens with one attached hydrogen (secondary N) is 1. The minimum atomic E-state index is 0.464. The van der Waals surface area contributed by atoms with Gasteiger partial charge >= 0.3 is 0 Å². The number of thioether (sulfide) groups is 1. The zero-order valence-corrected chi connectivity index (χ0v) is 10.8. The first-order valence-electron chi connectivity index (χ1n) is 5.89. The Hall–Kier alpha value is -0.770. The summed E-state index contributed by atoms with van der Waals surface area (Å²) in [7, 11) is 0. The monoisotopic (exact) mass is 237 g/mol. The second kappa shape index (κ2) is 5.53. The fraction of sp³-hybridized carbons (Fsp3) is 0.667. The Morgan fingerprint density at radius 3 is 3.06 bits per heavy atom. The summed E-state index contributed by atoms with van der Waals surface area (Å²) >= 11 is 2.05. The molecule has 2 rings (SSSR count). The van der Waals surface area contributed by atoms with Gasteiger partial charge in [-0.3, -0.25) is 0 Å². The Kier molecular flexibility index (Phi) is 4.04.